The van der Waals surface area contributed by atoms with Gasteiger partial charge in [-0.1, -0.05) is 18.2 Å². The molecule has 104 valence electrons. The summed E-state index contributed by atoms with van der Waals surface area (Å²) in [6.45, 7) is 4.02. The molecule has 1 fully saturated rings. The number of fused-ring (bicyclic) bond motifs is 1. The first kappa shape index (κ1) is 12.9. The second kappa shape index (κ2) is 5.12. The van der Waals surface area contributed by atoms with Gasteiger partial charge in [0.05, 0.1) is 12.2 Å². The lowest BCUT2D eigenvalue weighted by atomic mass is 9.99. The van der Waals surface area contributed by atoms with Gasteiger partial charge in [-0.15, -0.1) is 0 Å². The minimum absolute atomic E-state index is 0.416. The van der Waals surface area contributed by atoms with Gasteiger partial charge in [-0.3, -0.25) is 0 Å². The number of hydrogen-bond acceptors (Lipinski definition) is 4. The number of ether oxygens (including phenoxy) is 1. The highest BCUT2D eigenvalue weighted by molar-refractivity contribution is 5.39. The Balaban J connectivity index is 1.60. The van der Waals surface area contributed by atoms with Gasteiger partial charge < -0.3 is 20.1 Å². The maximum absolute atomic E-state index is 10.4. The molecular weight excluding hydrogens is 240 g/mol. The third-order valence-electron chi connectivity index (χ3n) is 4.12. The number of hydrogen-bond donors (Lipinski definition) is 2. The predicted molar refractivity (Wildman–Crippen MR) is 74.6 cm³/mol. The molecule has 2 N–H and O–H groups in total. The Labute approximate surface area is 114 Å². The first-order chi connectivity index (χ1) is 9.16. The summed E-state index contributed by atoms with van der Waals surface area (Å²) in [6.07, 6.45) is 0.842. The van der Waals surface area contributed by atoms with Crippen LogP contribution in [0.1, 0.15) is 17.9 Å². The van der Waals surface area contributed by atoms with Crippen molar-refractivity contribution in [1.29, 1.82) is 0 Å². The molecule has 2 heterocycles. The number of nitrogens with zero attached hydrogens (tertiary/aromatic N) is 1. The van der Waals surface area contributed by atoms with Crippen LogP contribution in [0.4, 0.5) is 0 Å². The lowest BCUT2D eigenvalue weighted by Gasteiger charge is -2.29. The molecule has 0 radical (unpaired) electrons. The van der Waals surface area contributed by atoms with E-state index in [2.05, 4.69) is 29.4 Å². The van der Waals surface area contributed by atoms with Gasteiger partial charge in [0.25, 0.3) is 0 Å². The molecule has 4 nitrogen and oxygen atoms in total. The number of rotatable bonds is 4. The Morgan fingerprint density at radius 2 is 2.32 bits per heavy atom. The van der Waals surface area contributed by atoms with Crippen LogP contribution in [0.2, 0.25) is 0 Å². The van der Waals surface area contributed by atoms with Gasteiger partial charge in [0, 0.05) is 31.1 Å². The van der Waals surface area contributed by atoms with Crippen molar-refractivity contribution < 1.29 is 9.84 Å². The van der Waals surface area contributed by atoms with Gasteiger partial charge >= 0.3 is 0 Å². The van der Waals surface area contributed by atoms with E-state index < -0.39 is 5.60 Å². The van der Waals surface area contributed by atoms with Gasteiger partial charge in [0.15, 0.2) is 0 Å². The van der Waals surface area contributed by atoms with E-state index in [1.807, 2.05) is 12.1 Å². The molecule has 2 aliphatic rings. The van der Waals surface area contributed by atoms with Crippen LogP contribution in [0.15, 0.2) is 24.3 Å². The zero-order valence-electron chi connectivity index (χ0n) is 11.4. The number of benzene rings is 1. The second-order valence-electron chi connectivity index (χ2n) is 5.89. The summed E-state index contributed by atoms with van der Waals surface area (Å²) in [7, 11) is 2.08. The summed E-state index contributed by atoms with van der Waals surface area (Å²) in [5.74, 6) is 1.43. The molecule has 4 heteroatoms. The van der Waals surface area contributed by atoms with E-state index in [-0.39, 0.29) is 0 Å². The van der Waals surface area contributed by atoms with E-state index in [1.165, 1.54) is 5.56 Å². The van der Waals surface area contributed by atoms with E-state index >= 15 is 0 Å². The fourth-order valence-corrected chi connectivity index (χ4v) is 3.19. The Hall–Kier alpha value is -1.10. The fourth-order valence-electron chi connectivity index (χ4n) is 3.19. The molecule has 0 aliphatic carbocycles. The van der Waals surface area contributed by atoms with Crippen LogP contribution in [-0.2, 0) is 0 Å². The predicted octanol–water partition coefficient (Wildman–Crippen LogP) is 0.819. The van der Waals surface area contributed by atoms with Crippen molar-refractivity contribution in [2.75, 3.05) is 39.8 Å². The van der Waals surface area contributed by atoms with E-state index in [9.17, 15) is 5.11 Å². The molecule has 0 bridgehead atoms. The van der Waals surface area contributed by atoms with Crippen molar-refractivity contribution in [2.45, 2.75) is 17.9 Å². The fraction of sp³-hybridized carbons (Fsp3) is 0.600. The molecule has 1 aromatic carbocycles. The maximum atomic E-state index is 10.4. The minimum Gasteiger partial charge on any atom is -0.493 e. The van der Waals surface area contributed by atoms with Crippen molar-refractivity contribution in [3.8, 4) is 5.75 Å². The van der Waals surface area contributed by atoms with E-state index in [1.54, 1.807) is 0 Å². The Morgan fingerprint density at radius 3 is 3.11 bits per heavy atom. The maximum Gasteiger partial charge on any atom is 0.122 e. The summed E-state index contributed by atoms with van der Waals surface area (Å²) in [4.78, 5) is 2.23. The van der Waals surface area contributed by atoms with Gasteiger partial charge in [-0.25, -0.2) is 0 Å². The lowest BCUT2D eigenvalue weighted by molar-refractivity contribution is 0.0264. The summed E-state index contributed by atoms with van der Waals surface area (Å²) in [5.41, 5.74) is 0.735. The molecule has 2 unspecified atom stereocenters. The highest BCUT2D eigenvalue weighted by atomic mass is 16.5. The van der Waals surface area contributed by atoms with Gasteiger partial charge in [-0.05, 0) is 26.1 Å². The van der Waals surface area contributed by atoms with E-state index in [0.29, 0.717) is 12.5 Å². The van der Waals surface area contributed by atoms with Crippen LogP contribution < -0.4 is 10.1 Å². The van der Waals surface area contributed by atoms with E-state index in [0.717, 1.165) is 38.4 Å². The summed E-state index contributed by atoms with van der Waals surface area (Å²) in [6, 6.07) is 8.25. The topological polar surface area (TPSA) is 44.7 Å². The third-order valence-corrected chi connectivity index (χ3v) is 4.12. The summed E-state index contributed by atoms with van der Waals surface area (Å²) >= 11 is 0. The molecule has 3 rings (SSSR count). The van der Waals surface area contributed by atoms with Gasteiger partial charge in [0.1, 0.15) is 5.75 Å². The number of nitrogens with one attached hydrogen (secondary N) is 1. The SMILES string of the molecule is CN(CC1COc2ccccc21)CC1(O)CCNC1. The van der Waals surface area contributed by atoms with Crippen LogP contribution in [0.5, 0.6) is 5.75 Å². The molecule has 1 saturated heterocycles. The van der Waals surface area contributed by atoms with Crippen LogP contribution >= 0.6 is 0 Å². The number of likely N-dealkylation sites (N-methyl/N-ethyl adjacent to an activating group) is 1. The zero-order valence-corrected chi connectivity index (χ0v) is 11.4. The molecule has 0 spiro atoms. The molecule has 0 aromatic heterocycles. The molecule has 0 saturated carbocycles. The Kier molecular flexibility index (Phi) is 3.48. The van der Waals surface area contributed by atoms with Crippen LogP contribution in [-0.4, -0.2) is 55.4 Å². The first-order valence-electron chi connectivity index (χ1n) is 7.00. The zero-order chi connectivity index (χ0) is 13.3. The minimum atomic E-state index is -0.562. The number of β-amino-alcohol motifs (C(OH)–C–C–N with tert-alkyl or cyclic N) is 1. The normalized spacial score (nSPS) is 29.5. The molecular formula is C15H22N2O2. The van der Waals surface area contributed by atoms with Gasteiger partial charge in [-0.2, -0.15) is 0 Å². The average Bonchev–Trinajstić information content (AvgIpc) is 2.97. The first-order valence-corrected chi connectivity index (χ1v) is 7.00. The van der Waals surface area contributed by atoms with E-state index in [4.69, 9.17) is 4.74 Å². The van der Waals surface area contributed by atoms with Crippen molar-refractivity contribution in [3.63, 3.8) is 0 Å². The largest absolute Gasteiger partial charge is 0.493 e. The van der Waals surface area contributed by atoms with Crippen LogP contribution in [0.3, 0.4) is 0 Å². The van der Waals surface area contributed by atoms with Crippen LogP contribution in [0.25, 0.3) is 0 Å². The van der Waals surface area contributed by atoms with Crippen molar-refractivity contribution in [2.24, 2.45) is 0 Å². The molecule has 2 aliphatic heterocycles. The summed E-state index contributed by atoms with van der Waals surface area (Å²) < 4.78 is 5.71. The average molecular weight is 262 g/mol. The molecule has 2 atom stereocenters. The third kappa shape index (κ3) is 2.76. The summed E-state index contributed by atoms with van der Waals surface area (Å²) in [5, 5.41) is 13.6. The monoisotopic (exact) mass is 262 g/mol. The van der Waals surface area contributed by atoms with Crippen molar-refractivity contribution in [1.82, 2.24) is 10.2 Å². The molecule has 1 aromatic rings. The molecule has 0 amide bonds. The number of aliphatic hydroxyl groups is 1. The van der Waals surface area contributed by atoms with Crippen LogP contribution in [0, 0.1) is 0 Å². The molecule has 19 heavy (non-hydrogen) atoms. The highest BCUT2D eigenvalue weighted by Crippen LogP contribution is 2.33. The lowest BCUT2D eigenvalue weighted by Crippen LogP contribution is -2.44. The smallest absolute Gasteiger partial charge is 0.122 e. The highest BCUT2D eigenvalue weighted by Gasteiger charge is 2.33. The quantitative estimate of drug-likeness (QED) is 0.843. The Morgan fingerprint density at radius 1 is 1.47 bits per heavy atom. The van der Waals surface area contributed by atoms with Crippen molar-refractivity contribution in [3.05, 3.63) is 29.8 Å². The standard InChI is InChI=1S/C15H22N2O2/c1-17(11-15(18)6-7-16-10-15)8-12-9-19-14-5-3-2-4-13(12)14/h2-5,12,16,18H,6-11H2,1H3. The van der Waals surface area contributed by atoms with Crippen molar-refractivity contribution >= 4 is 0 Å². The second-order valence-corrected chi connectivity index (χ2v) is 5.89. The van der Waals surface area contributed by atoms with Gasteiger partial charge in [0.2, 0.25) is 0 Å². The Bertz CT molecular complexity index is 444. The number of para-hydroxylation sites is 1.